The number of benzene rings is 3. The molecule has 2 heterocycles. The summed E-state index contributed by atoms with van der Waals surface area (Å²) in [6, 6.07) is 26.6. The Bertz CT molecular complexity index is 1640. The van der Waals surface area contributed by atoms with Gasteiger partial charge in [-0.3, -0.25) is 9.59 Å². The highest BCUT2D eigenvalue weighted by Gasteiger charge is 2.32. The minimum absolute atomic E-state index is 0.00952. The lowest BCUT2D eigenvalue weighted by atomic mass is 10.1. The van der Waals surface area contributed by atoms with Crippen LogP contribution in [0.15, 0.2) is 90.3 Å². The van der Waals surface area contributed by atoms with E-state index in [1.54, 1.807) is 40.5 Å². The molecule has 0 aliphatic carbocycles. The lowest BCUT2D eigenvalue weighted by molar-refractivity contribution is 0.0248. The van der Waals surface area contributed by atoms with Crippen LogP contribution < -0.4 is 5.32 Å². The molecule has 1 fully saturated rings. The number of ether oxygens (including phenoxy) is 1. The van der Waals surface area contributed by atoms with Crippen LogP contribution in [0, 0.1) is 13.8 Å². The molecule has 3 amide bonds. The first-order valence-electron chi connectivity index (χ1n) is 17.7. The molecule has 9 nitrogen and oxygen atoms in total. The summed E-state index contributed by atoms with van der Waals surface area (Å²) in [5.41, 5.74) is 3.65. The molecular weight excluding hydrogens is 661 g/mol. The van der Waals surface area contributed by atoms with Crippen LogP contribution in [0.25, 0.3) is 0 Å². The molecule has 4 aromatic rings. The summed E-state index contributed by atoms with van der Waals surface area (Å²) in [7, 11) is 0. The number of aryl methyl sites for hydroxylation is 2. The van der Waals surface area contributed by atoms with E-state index in [2.05, 4.69) is 29.4 Å². The maximum atomic E-state index is 13.3. The van der Waals surface area contributed by atoms with Gasteiger partial charge in [-0.15, -0.1) is 11.3 Å². The largest absolute Gasteiger partial charge is 0.444 e. The molecule has 1 atom stereocenters. The van der Waals surface area contributed by atoms with Gasteiger partial charge < -0.3 is 25.0 Å². The Morgan fingerprint density at radius 1 is 0.961 bits per heavy atom. The Kier molecular flexibility index (Phi) is 16.8. The van der Waals surface area contributed by atoms with E-state index in [1.807, 2.05) is 93.4 Å². The average Bonchev–Trinajstić information content (AvgIpc) is 3.79. The van der Waals surface area contributed by atoms with Crippen LogP contribution in [-0.4, -0.2) is 69.6 Å². The standard InChI is InChI=1S/C27H38N4O4S.C7H8O.C7H8/c1-6-14-30(26(34)35-27(3,4)5)15-9-13-28-23(32)20-10-7-11-21(17-20)25(33)31-16-8-12-22(31)24-29-19(2)18-36-24;8-6-7-4-2-1-3-5-7;1-7-5-3-2-4-6-7/h7,10-11,17-18,22H,6,8-9,12-16H2,1-5H3,(H,28,32);1-5,8H,6H2;2-6H,1H3. The van der Waals surface area contributed by atoms with Crippen LogP contribution in [0.4, 0.5) is 4.79 Å². The number of nitrogens with one attached hydrogen (secondary N) is 1. The van der Waals surface area contributed by atoms with E-state index >= 15 is 0 Å². The van der Waals surface area contributed by atoms with Crippen LogP contribution >= 0.6 is 11.3 Å². The smallest absolute Gasteiger partial charge is 0.410 e. The number of aromatic nitrogens is 1. The van der Waals surface area contributed by atoms with Crippen molar-refractivity contribution in [1.82, 2.24) is 20.1 Å². The molecule has 1 aliphatic heterocycles. The van der Waals surface area contributed by atoms with E-state index in [-0.39, 0.29) is 30.6 Å². The molecule has 0 bridgehead atoms. The lowest BCUT2D eigenvalue weighted by Crippen LogP contribution is -2.39. The van der Waals surface area contributed by atoms with Gasteiger partial charge in [-0.2, -0.15) is 0 Å². The zero-order valence-electron chi connectivity index (χ0n) is 30.9. The highest BCUT2D eigenvalue weighted by Crippen LogP contribution is 2.34. The summed E-state index contributed by atoms with van der Waals surface area (Å²) in [4.78, 5) is 46.6. The number of amides is 3. The first-order valence-corrected chi connectivity index (χ1v) is 18.6. The monoisotopic (exact) mass is 714 g/mol. The Morgan fingerprint density at radius 2 is 1.63 bits per heavy atom. The summed E-state index contributed by atoms with van der Waals surface area (Å²) in [5, 5.41) is 14.4. The van der Waals surface area contributed by atoms with Gasteiger partial charge in [0.15, 0.2) is 0 Å². The molecule has 51 heavy (non-hydrogen) atoms. The van der Waals surface area contributed by atoms with E-state index in [9.17, 15) is 14.4 Å². The first kappa shape index (κ1) is 40.9. The van der Waals surface area contributed by atoms with Crippen LogP contribution in [0.5, 0.6) is 0 Å². The molecule has 0 radical (unpaired) electrons. The summed E-state index contributed by atoms with van der Waals surface area (Å²) in [6.45, 7) is 13.9. The molecule has 3 aromatic carbocycles. The van der Waals surface area contributed by atoms with Crippen molar-refractivity contribution >= 4 is 29.2 Å². The van der Waals surface area contributed by atoms with Crippen molar-refractivity contribution in [2.24, 2.45) is 0 Å². The average molecular weight is 715 g/mol. The summed E-state index contributed by atoms with van der Waals surface area (Å²) in [6.07, 6.45) is 2.93. The van der Waals surface area contributed by atoms with E-state index in [0.717, 1.165) is 35.5 Å². The number of aliphatic hydroxyl groups excluding tert-OH is 1. The fourth-order valence-electron chi connectivity index (χ4n) is 5.33. The van der Waals surface area contributed by atoms with Gasteiger partial charge in [-0.25, -0.2) is 9.78 Å². The van der Waals surface area contributed by atoms with Gasteiger partial charge in [0.25, 0.3) is 11.8 Å². The third-order valence-corrected chi connectivity index (χ3v) is 8.87. The minimum atomic E-state index is -0.548. The van der Waals surface area contributed by atoms with E-state index in [0.29, 0.717) is 43.7 Å². The van der Waals surface area contributed by atoms with Crippen molar-refractivity contribution < 1.29 is 24.2 Å². The predicted molar refractivity (Wildman–Crippen MR) is 205 cm³/mol. The van der Waals surface area contributed by atoms with Gasteiger partial charge >= 0.3 is 6.09 Å². The molecule has 5 rings (SSSR count). The second kappa shape index (κ2) is 21.0. The second-order valence-corrected chi connectivity index (χ2v) is 14.3. The number of carbonyl (C=O) groups is 3. The summed E-state index contributed by atoms with van der Waals surface area (Å²) in [5.74, 6) is -0.315. The Balaban J connectivity index is 0.000000381. The molecule has 0 saturated carbocycles. The molecule has 10 heteroatoms. The van der Waals surface area contributed by atoms with Crippen LogP contribution in [-0.2, 0) is 11.3 Å². The molecule has 1 saturated heterocycles. The highest BCUT2D eigenvalue weighted by atomic mass is 32.1. The van der Waals surface area contributed by atoms with Gasteiger partial charge in [0, 0.05) is 48.4 Å². The number of hydrogen-bond acceptors (Lipinski definition) is 7. The lowest BCUT2D eigenvalue weighted by Gasteiger charge is -2.27. The number of likely N-dealkylation sites (tertiary alicyclic amines) is 1. The predicted octanol–water partition coefficient (Wildman–Crippen LogP) is 8.37. The normalized spacial score (nSPS) is 13.6. The highest BCUT2D eigenvalue weighted by molar-refractivity contribution is 7.09. The van der Waals surface area contributed by atoms with Gasteiger partial charge in [0.05, 0.1) is 12.6 Å². The molecule has 0 spiro atoms. The molecule has 2 N–H and O–H groups in total. The van der Waals surface area contributed by atoms with Gasteiger partial charge in [0.2, 0.25) is 0 Å². The number of carbonyl (C=O) groups excluding carboxylic acids is 3. The molecular formula is C41H54N4O5S. The second-order valence-electron chi connectivity index (χ2n) is 13.4. The SMILES string of the molecule is CCCN(CCCNC(=O)c1cccc(C(=O)N2CCCC2c2nc(C)cs2)c1)C(=O)OC(C)(C)C.Cc1ccccc1.OCc1ccccc1. The zero-order valence-corrected chi connectivity index (χ0v) is 31.7. The van der Waals surface area contributed by atoms with Crippen molar-refractivity contribution in [1.29, 1.82) is 0 Å². The first-order chi connectivity index (χ1) is 24.4. The number of aliphatic hydroxyl groups is 1. The van der Waals surface area contributed by atoms with Crippen LogP contribution in [0.3, 0.4) is 0 Å². The molecule has 1 aliphatic rings. The maximum Gasteiger partial charge on any atom is 0.410 e. The van der Waals surface area contributed by atoms with E-state index in [1.165, 1.54) is 5.56 Å². The Labute approximate surface area is 307 Å². The Morgan fingerprint density at radius 3 is 2.18 bits per heavy atom. The zero-order chi connectivity index (χ0) is 37.2. The van der Waals surface area contributed by atoms with Crippen molar-refractivity contribution in [2.75, 3.05) is 26.2 Å². The number of thiazole rings is 1. The fraction of sp³-hybridized carbons (Fsp3) is 0.415. The third-order valence-electron chi connectivity index (χ3n) is 7.81. The molecule has 1 unspecified atom stereocenters. The molecule has 1 aromatic heterocycles. The van der Waals surface area contributed by atoms with E-state index in [4.69, 9.17) is 9.84 Å². The summed E-state index contributed by atoms with van der Waals surface area (Å²) < 4.78 is 5.47. The topological polar surface area (TPSA) is 112 Å². The van der Waals surface area contributed by atoms with Crippen LogP contribution in [0.2, 0.25) is 0 Å². The minimum Gasteiger partial charge on any atom is -0.444 e. The Hall–Kier alpha value is -4.54. The third kappa shape index (κ3) is 14.3. The van der Waals surface area contributed by atoms with Gasteiger partial charge in [0.1, 0.15) is 10.6 Å². The van der Waals surface area contributed by atoms with Gasteiger partial charge in [-0.05, 0) is 84.1 Å². The number of nitrogens with zero attached hydrogens (tertiary/aromatic N) is 3. The molecule has 274 valence electrons. The number of hydrogen-bond donors (Lipinski definition) is 2. The van der Waals surface area contributed by atoms with Crippen LogP contribution in [0.1, 0.15) is 102 Å². The quantitative estimate of drug-likeness (QED) is 0.160. The fourth-order valence-corrected chi connectivity index (χ4v) is 6.28. The number of rotatable bonds is 10. The summed E-state index contributed by atoms with van der Waals surface area (Å²) >= 11 is 1.59. The van der Waals surface area contributed by atoms with Gasteiger partial charge in [-0.1, -0.05) is 79.2 Å². The van der Waals surface area contributed by atoms with Crippen molar-refractivity contribution in [3.63, 3.8) is 0 Å². The van der Waals surface area contributed by atoms with Crippen molar-refractivity contribution in [2.45, 2.75) is 85.5 Å². The van der Waals surface area contributed by atoms with E-state index < -0.39 is 5.60 Å². The maximum absolute atomic E-state index is 13.3. The van der Waals surface area contributed by atoms with Crippen molar-refractivity contribution in [3.8, 4) is 0 Å². The van der Waals surface area contributed by atoms with Crippen molar-refractivity contribution in [3.05, 3.63) is 123 Å².